The first kappa shape index (κ1) is 15.8. The Balaban J connectivity index is 2.97. The van der Waals surface area contributed by atoms with Crippen molar-refractivity contribution in [3.05, 3.63) is 22.6 Å². The Morgan fingerprint density at radius 2 is 1.89 bits per heavy atom. The van der Waals surface area contributed by atoms with Crippen LogP contribution < -0.4 is 5.73 Å². The van der Waals surface area contributed by atoms with Crippen molar-refractivity contribution >= 4 is 5.91 Å². The third-order valence-corrected chi connectivity index (χ3v) is 3.28. The number of furan rings is 1. The highest BCUT2D eigenvalue weighted by Crippen LogP contribution is 2.22. The summed E-state index contributed by atoms with van der Waals surface area (Å²) in [7, 11) is 0. The predicted molar refractivity (Wildman–Crippen MR) is 77.3 cm³/mol. The molecular formula is C15H26N2O2. The summed E-state index contributed by atoms with van der Waals surface area (Å²) in [6.45, 7) is 12.0. The predicted octanol–water partition coefficient (Wildman–Crippen LogP) is 2.65. The van der Waals surface area contributed by atoms with Gasteiger partial charge in [0.15, 0.2) is 0 Å². The van der Waals surface area contributed by atoms with Gasteiger partial charge in [0.05, 0.1) is 5.56 Å². The molecule has 0 aliphatic carbocycles. The number of nitrogens with zero attached hydrogens (tertiary/aromatic N) is 1. The molecule has 0 saturated carbocycles. The maximum atomic E-state index is 12.7. The molecule has 4 heteroatoms. The van der Waals surface area contributed by atoms with Gasteiger partial charge in [0.2, 0.25) is 0 Å². The summed E-state index contributed by atoms with van der Waals surface area (Å²) >= 11 is 0. The molecule has 0 bridgehead atoms. The van der Waals surface area contributed by atoms with Crippen molar-refractivity contribution in [2.45, 2.75) is 41.0 Å². The molecule has 2 N–H and O–H groups in total. The standard InChI is InChI=1S/C15H26N2O2/c1-10(2)9-17(8-6-7-16)15(18)14-11(3)12(4)19-13(14)5/h10H,6-9,16H2,1-5H3. The molecule has 0 aliphatic heterocycles. The molecule has 1 aromatic rings. The second kappa shape index (κ2) is 6.75. The monoisotopic (exact) mass is 266 g/mol. The van der Waals surface area contributed by atoms with Gasteiger partial charge in [0.25, 0.3) is 5.91 Å². The molecule has 0 aliphatic rings. The van der Waals surface area contributed by atoms with Crippen LogP contribution in [0.3, 0.4) is 0 Å². The van der Waals surface area contributed by atoms with Crippen molar-refractivity contribution in [1.82, 2.24) is 4.90 Å². The zero-order chi connectivity index (χ0) is 14.6. The van der Waals surface area contributed by atoms with Gasteiger partial charge in [-0.05, 0) is 39.7 Å². The van der Waals surface area contributed by atoms with Crippen LogP contribution in [0.4, 0.5) is 0 Å². The molecule has 108 valence electrons. The van der Waals surface area contributed by atoms with Gasteiger partial charge < -0.3 is 15.1 Å². The SMILES string of the molecule is Cc1oc(C)c(C(=O)N(CCCN)CC(C)C)c1C. The number of aryl methyl sites for hydroxylation is 2. The zero-order valence-corrected chi connectivity index (χ0v) is 12.7. The first-order valence-electron chi connectivity index (χ1n) is 6.94. The number of amides is 1. The summed E-state index contributed by atoms with van der Waals surface area (Å²) in [5, 5.41) is 0. The number of carbonyl (C=O) groups excluding carboxylic acids is 1. The second-order valence-corrected chi connectivity index (χ2v) is 5.50. The van der Waals surface area contributed by atoms with E-state index in [9.17, 15) is 4.79 Å². The quantitative estimate of drug-likeness (QED) is 0.861. The first-order valence-corrected chi connectivity index (χ1v) is 6.94. The Morgan fingerprint density at radius 1 is 1.26 bits per heavy atom. The molecule has 0 atom stereocenters. The summed E-state index contributed by atoms with van der Waals surface area (Å²) < 4.78 is 5.55. The van der Waals surface area contributed by atoms with Crippen LogP contribution in [0.2, 0.25) is 0 Å². The molecule has 0 aromatic carbocycles. The van der Waals surface area contributed by atoms with Crippen molar-refractivity contribution in [3.63, 3.8) is 0 Å². The molecule has 1 rings (SSSR count). The van der Waals surface area contributed by atoms with Gasteiger partial charge >= 0.3 is 0 Å². The summed E-state index contributed by atoms with van der Waals surface area (Å²) in [6.07, 6.45) is 0.827. The number of nitrogens with two attached hydrogens (primary N) is 1. The van der Waals surface area contributed by atoms with Crippen molar-refractivity contribution in [2.24, 2.45) is 11.7 Å². The van der Waals surface area contributed by atoms with Gasteiger partial charge in [-0.25, -0.2) is 0 Å². The normalized spacial score (nSPS) is 11.1. The number of carbonyl (C=O) groups is 1. The van der Waals surface area contributed by atoms with Crippen molar-refractivity contribution in [1.29, 1.82) is 0 Å². The van der Waals surface area contributed by atoms with Crippen LogP contribution in [0.1, 0.15) is 47.7 Å². The third kappa shape index (κ3) is 3.83. The number of hydrogen-bond acceptors (Lipinski definition) is 3. The fourth-order valence-electron chi connectivity index (χ4n) is 2.27. The minimum atomic E-state index is 0.0639. The molecule has 0 unspecified atom stereocenters. The van der Waals surface area contributed by atoms with Gasteiger partial charge in [0.1, 0.15) is 11.5 Å². The fraction of sp³-hybridized carbons (Fsp3) is 0.667. The van der Waals surface area contributed by atoms with Crippen molar-refractivity contribution in [2.75, 3.05) is 19.6 Å². The maximum absolute atomic E-state index is 12.7. The summed E-state index contributed by atoms with van der Waals surface area (Å²) in [5.74, 6) is 2.04. The molecule has 0 spiro atoms. The average Bonchev–Trinajstić information content (AvgIpc) is 2.57. The second-order valence-electron chi connectivity index (χ2n) is 5.50. The molecule has 1 amide bonds. The Kier molecular flexibility index (Phi) is 5.60. The Bertz CT molecular complexity index is 436. The maximum Gasteiger partial charge on any atom is 0.257 e. The molecule has 1 heterocycles. The van der Waals surface area contributed by atoms with E-state index in [1.165, 1.54) is 0 Å². The van der Waals surface area contributed by atoms with E-state index in [2.05, 4.69) is 13.8 Å². The highest BCUT2D eigenvalue weighted by Gasteiger charge is 2.23. The smallest absolute Gasteiger partial charge is 0.257 e. The van der Waals surface area contributed by atoms with Gasteiger partial charge in [-0.15, -0.1) is 0 Å². The van der Waals surface area contributed by atoms with E-state index in [-0.39, 0.29) is 5.91 Å². The van der Waals surface area contributed by atoms with Gasteiger partial charge in [-0.3, -0.25) is 4.79 Å². The molecule has 19 heavy (non-hydrogen) atoms. The van der Waals surface area contributed by atoms with Crippen LogP contribution in [0.25, 0.3) is 0 Å². The largest absolute Gasteiger partial charge is 0.466 e. The van der Waals surface area contributed by atoms with Gasteiger partial charge in [-0.1, -0.05) is 13.8 Å². The van der Waals surface area contributed by atoms with Crippen LogP contribution in [-0.4, -0.2) is 30.4 Å². The number of rotatable bonds is 6. The minimum absolute atomic E-state index is 0.0639. The highest BCUT2D eigenvalue weighted by atomic mass is 16.3. The lowest BCUT2D eigenvalue weighted by Crippen LogP contribution is -2.36. The number of hydrogen-bond donors (Lipinski definition) is 1. The Labute approximate surface area is 116 Å². The topological polar surface area (TPSA) is 59.5 Å². The third-order valence-electron chi connectivity index (χ3n) is 3.28. The van der Waals surface area contributed by atoms with Gasteiger partial charge in [-0.2, -0.15) is 0 Å². The highest BCUT2D eigenvalue weighted by molar-refractivity contribution is 5.96. The van der Waals surface area contributed by atoms with Crippen molar-refractivity contribution in [3.8, 4) is 0 Å². The van der Waals surface area contributed by atoms with Crippen LogP contribution in [0, 0.1) is 26.7 Å². The van der Waals surface area contributed by atoms with E-state index in [1.807, 2.05) is 25.7 Å². The lowest BCUT2D eigenvalue weighted by Gasteiger charge is -2.24. The lowest BCUT2D eigenvalue weighted by molar-refractivity contribution is 0.0733. The molecule has 1 aromatic heterocycles. The summed E-state index contributed by atoms with van der Waals surface area (Å²) in [4.78, 5) is 14.6. The van der Waals surface area contributed by atoms with Crippen LogP contribution >= 0.6 is 0 Å². The van der Waals surface area contributed by atoms with E-state index in [0.29, 0.717) is 24.8 Å². The van der Waals surface area contributed by atoms with E-state index in [0.717, 1.165) is 29.9 Å². The van der Waals surface area contributed by atoms with Crippen LogP contribution in [0.5, 0.6) is 0 Å². The lowest BCUT2D eigenvalue weighted by atomic mass is 10.1. The molecule has 0 saturated heterocycles. The van der Waals surface area contributed by atoms with E-state index in [1.54, 1.807) is 0 Å². The average molecular weight is 266 g/mol. The summed E-state index contributed by atoms with van der Waals surface area (Å²) in [6, 6.07) is 0. The van der Waals surface area contributed by atoms with E-state index < -0.39 is 0 Å². The molecule has 0 fully saturated rings. The van der Waals surface area contributed by atoms with E-state index >= 15 is 0 Å². The van der Waals surface area contributed by atoms with E-state index in [4.69, 9.17) is 10.2 Å². The molecule has 4 nitrogen and oxygen atoms in total. The van der Waals surface area contributed by atoms with Gasteiger partial charge in [0, 0.05) is 18.7 Å². The fourth-order valence-corrected chi connectivity index (χ4v) is 2.27. The molecule has 0 radical (unpaired) electrons. The Morgan fingerprint density at radius 3 is 2.32 bits per heavy atom. The first-order chi connectivity index (χ1) is 8.88. The minimum Gasteiger partial charge on any atom is -0.466 e. The van der Waals surface area contributed by atoms with Crippen molar-refractivity contribution < 1.29 is 9.21 Å². The summed E-state index contributed by atoms with van der Waals surface area (Å²) in [5.41, 5.74) is 7.22. The Hall–Kier alpha value is -1.29. The van der Waals surface area contributed by atoms with Crippen LogP contribution in [-0.2, 0) is 0 Å². The zero-order valence-electron chi connectivity index (χ0n) is 12.7. The van der Waals surface area contributed by atoms with Crippen LogP contribution in [0.15, 0.2) is 4.42 Å². The molecular weight excluding hydrogens is 240 g/mol.